The lowest BCUT2D eigenvalue weighted by Gasteiger charge is -2.32. The molecule has 3 aromatic carbocycles. The summed E-state index contributed by atoms with van der Waals surface area (Å²) in [5.41, 5.74) is 1.73. The number of nitrogens with zero attached hydrogens (tertiary/aromatic N) is 2. The number of rotatable bonds is 14. The molecule has 226 valence electrons. The lowest BCUT2D eigenvalue weighted by molar-refractivity contribution is -0.139. The zero-order valence-corrected chi connectivity index (χ0v) is 26.2. The second-order valence-corrected chi connectivity index (χ2v) is 12.1. The SMILES string of the molecule is CCCCNC(=O)[C@H](C)N(Cc1ccc(Cl)cc1)C(=O)CN(c1cc(OC)ccc1OC)S(=O)(=O)c1ccc(C)cc1. The van der Waals surface area contributed by atoms with Crippen LogP contribution in [0.2, 0.25) is 5.02 Å². The molecule has 0 aliphatic heterocycles. The highest BCUT2D eigenvalue weighted by Gasteiger charge is 2.34. The van der Waals surface area contributed by atoms with Crippen LogP contribution in [0.1, 0.15) is 37.8 Å². The highest BCUT2D eigenvalue weighted by Crippen LogP contribution is 2.36. The molecule has 0 bridgehead atoms. The Hall–Kier alpha value is -3.76. The summed E-state index contributed by atoms with van der Waals surface area (Å²) >= 11 is 6.06. The van der Waals surface area contributed by atoms with Crippen LogP contribution in [0.15, 0.2) is 71.6 Å². The van der Waals surface area contributed by atoms with Gasteiger partial charge in [0, 0.05) is 24.2 Å². The van der Waals surface area contributed by atoms with Gasteiger partial charge in [-0.3, -0.25) is 13.9 Å². The Morgan fingerprint density at radius 3 is 2.24 bits per heavy atom. The Labute approximate surface area is 253 Å². The van der Waals surface area contributed by atoms with Gasteiger partial charge in [0.25, 0.3) is 10.0 Å². The first-order valence-corrected chi connectivity index (χ1v) is 15.5. The number of methoxy groups -OCH3 is 2. The Balaban J connectivity index is 2.09. The van der Waals surface area contributed by atoms with Crippen LogP contribution in [-0.2, 0) is 26.2 Å². The molecule has 0 aromatic heterocycles. The lowest BCUT2D eigenvalue weighted by Crippen LogP contribution is -2.51. The molecular weight excluding hydrogens is 578 g/mol. The molecule has 0 aliphatic carbocycles. The molecule has 2 amide bonds. The van der Waals surface area contributed by atoms with Crippen LogP contribution >= 0.6 is 11.6 Å². The number of sulfonamides is 1. The van der Waals surface area contributed by atoms with E-state index in [0.29, 0.717) is 17.3 Å². The molecule has 11 heteroatoms. The van der Waals surface area contributed by atoms with Crippen LogP contribution in [0.25, 0.3) is 0 Å². The van der Waals surface area contributed by atoms with Gasteiger partial charge in [0.1, 0.15) is 24.1 Å². The normalized spacial score (nSPS) is 11.9. The molecule has 0 heterocycles. The van der Waals surface area contributed by atoms with Crippen molar-refractivity contribution in [3.8, 4) is 11.5 Å². The van der Waals surface area contributed by atoms with E-state index in [1.54, 1.807) is 55.5 Å². The first-order chi connectivity index (χ1) is 20.0. The molecule has 1 N–H and O–H groups in total. The molecule has 0 radical (unpaired) electrons. The fraction of sp³-hybridized carbons (Fsp3) is 0.355. The Morgan fingerprint density at radius 2 is 1.64 bits per heavy atom. The second-order valence-electron chi connectivity index (χ2n) is 9.83. The van der Waals surface area contributed by atoms with E-state index >= 15 is 0 Å². The standard InChI is InChI=1S/C31H38ClN3O6S/c1-6-7-18-33-31(37)23(3)34(20-24-10-12-25(32)13-11-24)30(36)21-35(28-19-26(40-4)14-17-29(28)41-5)42(38,39)27-15-8-22(2)9-16-27/h8-17,19,23H,6-7,18,20-21H2,1-5H3,(H,33,37)/t23-/m0/s1. The average molecular weight is 616 g/mol. The smallest absolute Gasteiger partial charge is 0.264 e. The van der Waals surface area contributed by atoms with Crippen molar-refractivity contribution in [3.05, 3.63) is 82.9 Å². The van der Waals surface area contributed by atoms with Gasteiger partial charge in [0.05, 0.1) is 24.8 Å². The minimum atomic E-state index is -4.27. The van der Waals surface area contributed by atoms with Gasteiger partial charge in [-0.1, -0.05) is 54.8 Å². The van der Waals surface area contributed by atoms with Crippen molar-refractivity contribution in [1.82, 2.24) is 10.2 Å². The van der Waals surface area contributed by atoms with E-state index in [2.05, 4.69) is 5.32 Å². The van der Waals surface area contributed by atoms with Crippen molar-refractivity contribution in [3.63, 3.8) is 0 Å². The van der Waals surface area contributed by atoms with Crippen molar-refractivity contribution >= 4 is 39.1 Å². The molecule has 0 aliphatic rings. The number of ether oxygens (including phenoxy) is 2. The molecular formula is C31H38ClN3O6S. The van der Waals surface area contributed by atoms with Gasteiger partial charge in [-0.05, 0) is 62.2 Å². The number of carbonyl (C=O) groups excluding carboxylic acids is 2. The quantitative estimate of drug-likeness (QED) is 0.250. The van der Waals surface area contributed by atoms with Crippen LogP contribution in [0.3, 0.4) is 0 Å². The minimum absolute atomic E-state index is 0.000353. The molecule has 0 saturated heterocycles. The number of amides is 2. The summed E-state index contributed by atoms with van der Waals surface area (Å²) in [5, 5.41) is 3.40. The molecule has 42 heavy (non-hydrogen) atoms. The van der Waals surface area contributed by atoms with Gasteiger partial charge >= 0.3 is 0 Å². The molecule has 3 rings (SSSR count). The van der Waals surface area contributed by atoms with Crippen LogP contribution in [-0.4, -0.2) is 58.5 Å². The first kappa shape index (κ1) is 32.8. The number of unbranched alkanes of at least 4 members (excludes halogenated alkanes) is 1. The van der Waals surface area contributed by atoms with Gasteiger partial charge in [-0.25, -0.2) is 8.42 Å². The fourth-order valence-electron chi connectivity index (χ4n) is 4.25. The molecule has 3 aromatic rings. The summed E-state index contributed by atoms with van der Waals surface area (Å²) in [6, 6.07) is 17.1. The van der Waals surface area contributed by atoms with E-state index in [-0.39, 0.29) is 28.8 Å². The Morgan fingerprint density at radius 1 is 0.976 bits per heavy atom. The van der Waals surface area contributed by atoms with Gasteiger partial charge in [-0.2, -0.15) is 0 Å². The summed E-state index contributed by atoms with van der Waals surface area (Å²) < 4.78 is 40.1. The summed E-state index contributed by atoms with van der Waals surface area (Å²) in [6.07, 6.45) is 1.69. The molecule has 0 unspecified atom stereocenters. The number of anilines is 1. The minimum Gasteiger partial charge on any atom is -0.497 e. The van der Waals surface area contributed by atoms with Crippen molar-refractivity contribution in [1.29, 1.82) is 0 Å². The lowest BCUT2D eigenvalue weighted by atomic mass is 10.1. The Kier molecular flexibility index (Phi) is 11.6. The topological polar surface area (TPSA) is 105 Å². The highest BCUT2D eigenvalue weighted by atomic mass is 35.5. The maximum Gasteiger partial charge on any atom is 0.264 e. The largest absolute Gasteiger partial charge is 0.497 e. The van der Waals surface area contributed by atoms with E-state index in [9.17, 15) is 18.0 Å². The molecule has 0 spiro atoms. The predicted octanol–water partition coefficient (Wildman–Crippen LogP) is 5.19. The van der Waals surface area contributed by atoms with Gasteiger partial charge in [0.15, 0.2) is 0 Å². The molecule has 1 atom stereocenters. The summed E-state index contributed by atoms with van der Waals surface area (Å²) in [4.78, 5) is 28.6. The van der Waals surface area contributed by atoms with Gasteiger partial charge < -0.3 is 19.7 Å². The maximum absolute atomic E-state index is 14.1. The number of carbonyl (C=O) groups is 2. The first-order valence-electron chi connectivity index (χ1n) is 13.6. The third-order valence-electron chi connectivity index (χ3n) is 6.81. The van der Waals surface area contributed by atoms with Crippen LogP contribution < -0.4 is 19.1 Å². The summed E-state index contributed by atoms with van der Waals surface area (Å²) in [7, 11) is -1.39. The van der Waals surface area contributed by atoms with E-state index in [0.717, 1.165) is 28.3 Å². The number of nitrogens with one attached hydrogen (secondary N) is 1. The van der Waals surface area contributed by atoms with Crippen molar-refractivity contribution in [2.75, 3.05) is 31.6 Å². The summed E-state index contributed by atoms with van der Waals surface area (Å²) in [5.74, 6) is -0.306. The number of hydrogen-bond acceptors (Lipinski definition) is 6. The second kappa shape index (κ2) is 14.9. The zero-order chi connectivity index (χ0) is 30.9. The number of hydrogen-bond donors (Lipinski definition) is 1. The van der Waals surface area contributed by atoms with E-state index in [1.165, 1.54) is 37.3 Å². The monoisotopic (exact) mass is 615 g/mol. The van der Waals surface area contributed by atoms with E-state index in [1.807, 2.05) is 13.8 Å². The van der Waals surface area contributed by atoms with Crippen LogP contribution in [0.4, 0.5) is 5.69 Å². The molecule has 0 fully saturated rings. The maximum atomic E-state index is 14.1. The van der Waals surface area contributed by atoms with Crippen molar-refractivity contribution in [2.24, 2.45) is 0 Å². The van der Waals surface area contributed by atoms with E-state index in [4.69, 9.17) is 21.1 Å². The number of halogens is 1. The van der Waals surface area contributed by atoms with Crippen LogP contribution in [0.5, 0.6) is 11.5 Å². The predicted molar refractivity (Wildman–Crippen MR) is 165 cm³/mol. The fourth-order valence-corrected chi connectivity index (χ4v) is 5.79. The third-order valence-corrected chi connectivity index (χ3v) is 8.83. The zero-order valence-electron chi connectivity index (χ0n) is 24.6. The van der Waals surface area contributed by atoms with Crippen LogP contribution in [0, 0.1) is 6.92 Å². The molecule has 9 nitrogen and oxygen atoms in total. The van der Waals surface area contributed by atoms with Gasteiger partial charge in [0.2, 0.25) is 11.8 Å². The van der Waals surface area contributed by atoms with Crippen molar-refractivity contribution < 1.29 is 27.5 Å². The number of benzene rings is 3. The highest BCUT2D eigenvalue weighted by molar-refractivity contribution is 7.92. The summed E-state index contributed by atoms with van der Waals surface area (Å²) in [6.45, 7) is 5.43. The Bertz CT molecular complexity index is 1460. The third kappa shape index (κ3) is 8.17. The van der Waals surface area contributed by atoms with Gasteiger partial charge in [-0.15, -0.1) is 0 Å². The molecule has 0 saturated carbocycles. The van der Waals surface area contributed by atoms with E-state index < -0.39 is 28.5 Å². The number of aryl methyl sites for hydroxylation is 1. The average Bonchev–Trinajstić information content (AvgIpc) is 2.99. The van der Waals surface area contributed by atoms with Crippen molar-refractivity contribution in [2.45, 2.75) is 51.1 Å².